The minimum absolute atomic E-state index is 0. The van der Waals surface area contributed by atoms with Crippen LogP contribution in [0.3, 0.4) is 0 Å². The Morgan fingerprint density at radius 3 is 0.690 bits per heavy atom. The molecule has 0 rings (SSSR count). The van der Waals surface area contributed by atoms with E-state index in [9.17, 15) is 29.4 Å². The van der Waals surface area contributed by atoms with Gasteiger partial charge in [-0.2, -0.15) is 0 Å². The first kappa shape index (κ1) is 37.3. The minimum atomic E-state index is -0.187. The van der Waals surface area contributed by atoms with Crippen molar-refractivity contribution < 1.29 is 61.3 Å². The number of aliphatic hydroxyl groups is 2. The van der Waals surface area contributed by atoms with Crippen LogP contribution >= 0.6 is 0 Å². The molecule has 0 saturated carbocycles. The van der Waals surface area contributed by atoms with Crippen molar-refractivity contribution in [2.24, 2.45) is 0 Å². The monoisotopic (exact) mass is 446 g/mol. The van der Waals surface area contributed by atoms with E-state index in [-0.39, 0.29) is 67.9 Å². The summed E-state index contributed by atoms with van der Waals surface area (Å²) in [5.74, 6) is -0.875. The topological polar surface area (TPSA) is 155 Å². The summed E-state index contributed by atoms with van der Waals surface area (Å²) in [5.41, 5.74) is 0. The van der Waals surface area contributed by atoms with E-state index in [2.05, 4.69) is 0 Å². The third kappa shape index (κ3) is 77.2. The largest absolute Gasteiger partial charge is 2.00 e. The maximum atomic E-state index is 10.0. The Morgan fingerprint density at radius 1 is 0.517 bits per heavy atom. The van der Waals surface area contributed by atoms with Gasteiger partial charge in [-0.25, -0.2) is 0 Å². The van der Waals surface area contributed by atoms with Crippen LogP contribution in [0.15, 0.2) is 47.3 Å². The van der Waals surface area contributed by atoms with E-state index in [1.54, 1.807) is 0 Å². The Labute approximate surface area is 187 Å². The molecule has 0 aliphatic rings. The van der Waals surface area contributed by atoms with Gasteiger partial charge in [-0.1, -0.05) is 13.8 Å². The fraction of sp³-hybridized carbons (Fsp3) is 0.400. The number of hydrogen-bond donors (Lipinski definition) is 2. The van der Waals surface area contributed by atoms with Gasteiger partial charge in [0, 0.05) is 12.2 Å². The van der Waals surface area contributed by atoms with Gasteiger partial charge in [0.15, 0.2) is 23.1 Å². The normalized spacial score (nSPS) is 11.0. The van der Waals surface area contributed by atoms with Crippen molar-refractivity contribution in [1.29, 1.82) is 0 Å². The van der Waals surface area contributed by atoms with E-state index >= 15 is 0 Å². The van der Waals surface area contributed by atoms with Crippen molar-refractivity contribution in [3.05, 3.63) is 47.3 Å². The molecule has 0 unspecified atom stereocenters. The van der Waals surface area contributed by atoms with Crippen LogP contribution in [0.2, 0.25) is 0 Å². The van der Waals surface area contributed by atoms with Gasteiger partial charge < -0.3 is 20.4 Å². The van der Waals surface area contributed by atoms with E-state index in [0.29, 0.717) is 0 Å². The van der Waals surface area contributed by atoms with E-state index in [0.717, 1.165) is 12.2 Å². The molecule has 0 atom stereocenters. The summed E-state index contributed by atoms with van der Waals surface area (Å²) in [6.45, 7) is 11.1. The van der Waals surface area contributed by atoms with Gasteiger partial charge in [-0.05, 0) is 53.7 Å². The van der Waals surface area contributed by atoms with Crippen LogP contribution in [-0.2, 0) is 40.9 Å². The molecule has 2 N–H and O–H groups in total. The van der Waals surface area contributed by atoms with E-state index in [1.165, 1.54) is 67.5 Å². The van der Waals surface area contributed by atoms with Crippen LogP contribution in [-0.4, -0.2) is 33.3 Å². The van der Waals surface area contributed by atoms with Crippen LogP contribution in [0.4, 0.5) is 0 Å². The van der Waals surface area contributed by atoms with Crippen molar-refractivity contribution >= 4 is 23.1 Å². The van der Waals surface area contributed by atoms with Gasteiger partial charge in [-0.15, -0.1) is 11.5 Å². The van der Waals surface area contributed by atoms with Crippen molar-refractivity contribution in [2.75, 3.05) is 0 Å². The predicted molar refractivity (Wildman–Crippen MR) is 103 cm³/mol. The van der Waals surface area contributed by atoms with Gasteiger partial charge in [0.25, 0.3) is 0 Å². The first-order valence-corrected chi connectivity index (χ1v) is 7.98. The fourth-order valence-corrected chi connectivity index (χ4v) is 1.16. The standard InChI is InChI=1S/4C5H8O2.Ti/c4*1-4(6)3-5(2)7;/h4*3,6H,1-2H3;/q;;;;+2/p-2/b4*4-3-;. The molecule has 0 fully saturated rings. The molecular formula is C20H30O8Ti. The number of ketones is 4. The van der Waals surface area contributed by atoms with Crippen molar-refractivity contribution in [3.63, 3.8) is 0 Å². The average Bonchev–Trinajstić information content (AvgIpc) is 2.32. The van der Waals surface area contributed by atoms with Crippen LogP contribution in [0.5, 0.6) is 0 Å². The number of hydrogen-bond acceptors (Lipinski definition) is 8. The Hall–Kier alpha value is -2.45. The molecule has 0 spiro atoms. The molecule has 0 bridgehead atoms. The van der Waals surface area contributed by atoms with E-state index in [1.807, 2.05) is 0 Å². The number of allylic oxidation sites excluding steroid dienone is 8. The summed E-state index contributed by atoms with van der Waals surface area (Å²) in [5, 5.41) is 36.7. The van der Waals surface area contributed by atoms with Crippen LogP contribution in [0.1, 0.15) is 55.4 Å². The van der Waals surface area contributed by atoms with E-state index in [4.69, 9.17) is 10.2 Å². The molecule has 0 saturated heterocycles. The van der Waals surface area contributed by atoms with Crippen molar-refractivity contribution in [1.82, 2.24) is 0 Å². The average molecular weight is 446 g/mol. The fourth-order valence-electron chi connectivity index (χ4n) is 1.16. The zero-order valence-electron chi connectivity index (χ0n) is 18.2. The quantitative estimate of drug-likeness (QED) is 0.376. The number of carbonyl (C=O) groups excluding carboxylic acids is 4. The van der Waals surface area contributed by atoms with Gasteiger partial charge in [0.2, 0.25) is 0 Å². The maximum absolute atomic E-state index is 10.0. The molecule has 29 heavy (non-hydrogen) atoms. The molecule has 0 heterocycles. The van der Waals surface area contributed by atoms with Crippen LogP contribution < -0.4 is 10.2 Å². The molecule has 8 nitrogen and oxygen atoms in total. The van der Waals surface area contributed by atoms with Crippen molar-refractivity contribution in [3.8, 4) is 0 Å². The predicted octanol–water partition coefficient (Wildman–Crippen LogP) is 1.75. The second-order valence-electron chi connectivity index (χ2n) is 5.52. The molecule has 9 heteroatoms. The second-order valence-corrected chi connectivity index (χ2v) is 5.52. The molecule has 0 amide bonds. The summed E-state index contributed by atoms with van der Waals surface area (Å²) in [6, 6.07) is 0. The molecule has 0 aromatic heterocycles. The maximum Gasteiger partial charge on any atom is 2.00 e. The first-order valence-electron chi connectivity index (χ1n) is 7.98. The minimum Gasteiger partial charge on any atom is -0.876 e. The zero-order valence-corrected chi connectivity index (χ0v) is 19.7. The Morgan fingerprint density at radius 2 is 0.690 bits per heavy atom. The van der Waals surface area contributed by atoms with Gasteiger partial charge in [-0.3, -0.25) is 19.2 Å². The first-order chi connectivity index (χ1) is 12.5. The van der Waals surface area contributed by atoms with Gasteiger partial charge >= 0.3 is 21.7 Å². The molecule has 0 radical (unpaired) electrons. The van der Waals surface area contributed by atoms with Crippen molar-refractivity contribution in [2.45, 2.75) is 55.4 Å². The summed E-state index contributed by atoms with van der Waals surface area (Å²) in [6.07, 6.45) is 4.44. The molecule has 0 aromatic carbocycles. The van der Waals surface area contributed by atoms with Crippen LogP contribution in [0, 0.1) is 0 Å². The van der Waals surface area contributed by atoms with Gasteiger partial charge in [0.1, 0.15) is 0 Å². The summed E-state index contributed by atoms with van der Waals surface area (Å²) < 4.78 is 0. The van der Waals surface area contributed by atoms with Crippen LogP contribution in [0.25, 0.3) is 0 Å². The molecular weight excluding hydrogens is 416 g/mol. The van der Waals surface area contributed by atoms with E-state index < -0.39 is 0 Å². The number of rotatable bonds is 4. The second kappa shape index (κ2) is 23.6. The molecule has 0 aliphatic carbocycles. The summed E-state index contributed by atoms with van der Waals surface area (Å²) in [7, 11) is 0. The summed E-state index contributed by atoms with van der Waals surface area (Å²) >= 11 is 0. The Kier molecular flexibility index (Phi) is 30.4. The smallest absolute Gasteiger partial charge is 0.876 e. The third-order valence-electron chi connectivity index (χ3n) is 1.64. The SMILES string of the molecule is CC(=O)/C=C(/C)O.CC(=O)/C=C(/C)O.CC(=O)/C=C(/C)[O-].CC(=O)/C=C(/C)[O-].[Ti+2]. The Balaban J connectivity index is -0.0000000873. The van der Waals surface area contributed by atoms with Gasteiger partial charge in [0.05, 0.1) is 11.5 Å². The summed E-state index contributed by atoms with van der Waals surface area (Å²) in [4.78, 5) is 40.0. The third-order valence-corrected chi connectivity index (χ3v) is 1.64. The number of aliphatic hydroxyl groups excluding tert-OH is 2. The Bertz CT molecular complexity index is 513. The molecule has 162 valence electrons. The number of carbonyl (C=O) groups is 4. The molecule has 0 aliphatic heterocycles. The zero-order chi connectivity index (χ0) is 23.4. The molecule has 0 aromatic rings.